The Morgan fingerprint density at radius 3 is 2.65 bits per heavy atom. The van der Waals surface area contributed by atoms with Gasteiger partial charge in [0.15, 0.2) is 0 Å². The molecule has 0 radical (unpaired) electrons. The number of benzene rings is 1. The predicted molar refractivity (Wildman–Crippen MR) is 78.6 cm³/mol. The summed E-state index contributed by atoms with van der Waals surface area (Å²) in [6.45, 7) is 4.29. The second-order valence-electron chi connectivity index (χ2n) is 4.33. The quantitative estimate of drug-likeness (QED) is 0.895. The van der Waals surface area contributed by atoms with Crippen molar-refractivity contribution < 1.29 is 0 Å². The first-order valence-corrected chi connectivity index (χ1v) is 7.24. The average Bonchev–Trinajstić information content (AvgIpc) is 2.59. The molecule has 1 aromatic heterocycles. The van der Waals surface area contributed by atoms with E-state index in [-0.39, 0.29) is 6.04 Å². The van der Waals surface area contributed by atoms with Crippen molar-refractivity contribution in [2.24, 2.45) is 5.73 Å². The average molecular weight is 310 g/mol. The lowest BCUT2D eigenvalue weighted by Gasteiger charge is -2.09. The van der Waals surface area contributed by atoms with Crippen LogP contribution in [0.25, 0.3) is 0 Å². The van der Waals surface area contributed by atoms with E-state index >= 15 is 0 Å². The molecule has 90 valence electrons. The van der Waals surface area contributed by atoms with Crippen LogP contribution >= 0.6 is 27.3 Å². The van der Waals surface area contributed by atoms with E-state index < -0.39 is 0 Å². The molecule has 0 fully saturated rings. The second kappa shape index (κ2) is 5.34. The van der Waals surface area contributed by atoms with Crippen LogP contribution in [0, 0.1) is 13.8 Å². The van der Waals surface area contributed by atoms with Gasteiger partial charge >= 0.3 is 0 Å². The van der Waals surface area contributed by atoms with E-state index in [1.165, 1.54) is 20.9 Å². The molecule has 0 amide bonds. The lowest BCUT2D eigenvalue weighted by Crippen LogP contribution is -2.11. The van der Waals surface area contributed by atoms with E-state index in [1.54, 1.807) is 0 Å². The van der Waals surface area contributed by atoms with Gasteiger partial charge in [-0.05, 0) is 49.6 Å². The summed E-state index contributed by atoms with van der Waals surface area (Å²) in [5.41, 5.74) is 8.87. The maximum atomic E-state index is 6.25. The normalized spacial score (nSPS) is 12.7. The fourth-order valence-electron chi connectivity index (χ4n) is 1.80. The Bertz CT molecular complexity index is 499. The zero-order valence-corrected chi connectivity index (χ0v) is 12.4. The first-order valence-electron chi connectivity index (χ1n) is 5.63. The van der Waals surface area contributed by atoms with Crippen LogP contribution in [-0.2, 0) is 6.42 Å². The summed E-state index contributed by atoms with van der Waals surface area (Å²) in [5.74, 6) is 0. The van der Waals surface area contributed by atoms with Crippen molar-refractivity contribution in [1.82, 2.24) is 0 Å². The van der Waals surface area contributed by atoms with Crippen molar-refractivity contribution in [2.75, 3.05) is 0 Å². The van der Waals surface area contributed by atoms with Crippen LogP contribution < -0.4 is 5.73 Å². The van der Waals surface area contributed by atoms with Crippen molar-refractivity contribution in [3.05, 3.63) is 55.7 Å². The molecular formula is C14H16BrNS. The van der Waals surface area contributed by atoms with E-state index in [1.807, 2.05) is 17.4 Å². The van der Waals surface area contributed by atoms with Gasteiger partial charge in [-0.25, -0.2) is 0 Å². The molecule has 0 spiro atoms. The molecule has 0 saturated carbocycles. The van der Waals surface area contributed by atoms with Gasteiger partial charge in [-0.3, -0.25) is 0 Å². The molecule has 3 heteroatoms. The zero-order valence-electron chi connectivity index (χ0n) is 10.0. The Morgan fingerprint density at radius 1 is 1.29 bits per heavy atom. The summed E-state index contributed by atoms with van der Waals surface area (Å²) in [7, 11) is 0. The van der Waals surface area contributed by atoms with Crippen molar-refractivity contribution in [2.45, 2.75) is 26.3 Å². The highest BCUT2D eigenvalue weighted by molar-refractivity contribution is 9.10. The Morgan fingerprint density at radius 2 is 2.06 bits per heavy atom. The van der Waals surface area contributed by atoms with Crippen LogP contribution in [0.5, 0.6) is 0 Å². The van der Waals surface area contributed by atoms with Gasteiger partial charge in [0.2, 0.25) is 0 Å². The highest BCUT2D eigenvalue weighted by Gasteiger charge is 2.11. The van der Waals surface area contributed by atoms with Gasteiger partial charge in [-0.15, -0.1) is 11.3 Å². The summed E-state index contributed by atoms with van der Waals surface area (Å²) < 4.78 is 1.11. The number of aryl methyl sites for hydroxylation is 2. The highest BCUT2D eigenvalue weighted by Crippen LogP contribution is 2.27. The minimum Gasteiger partial charge on any atom is -0.323 e. The van der Waals surface area contributed by atoms with E-state index in [0.717, 1.165) is 10.9 Å². The first-order chi connectivity index (χ1) is 8.06. The van der Waals surface area contributed by atoms with Crippen LogP contribution in [0.2, 0.25) is 0 Å². The number of halogens is 1. The number of hydrogen-bond acceptors (Lipinski definition) is 2. The molecule has 2 N–H and O–H groups in total. The molecule has 0 bridgehead atoms. The van der Waals surface area contributed by atoms with Crippen molar-refractivity contribution in [3.63, 3.8) is 0 Å². The van der Waals surface area contributed by atoms with E-state index in [2.05, 4.69) is 54.0 Å². The molecule has 0 aliphatic heterocycles. The summed E-state index contributed by atoms with van der Waals surface area (Å²) in [5, 5.41) is 0. The number of rotatable bonds is 3. The maximum absolute atomic E-state index is 6.25. The molecule has 1 atom stereocenters. The van der Waals surface area contributed by atoms with E-state index in [4.69, 9.17) is 5.73 Å². The minimum absolute atomic E-state index is 0.0988. The van der Waals surface area contributed by atoms with Gasteiger partial charge in [-0.1, -0.05) is 28.1 Å². The van der Waals surface area contributed by atoms with Crippen molar-refractivity contribution in [1.29, 1.82) is 0 Å². The number of hydrogen-bond donors (Lipinski definition) is 1. The van der Waals surface area contributed by atoms with Gasteiger partial charge in [-0.2, -0.15) is 0 Å². The van der Waals surface area contributed by atoms with Crippen molar-refractivity contribution >= 4 is 27.3 Å². The lowest BCUT2D eigenvalue weighted by atomic mass is 10.1. The maximum Gasteiger partial charge on any atom is 0.0430 e. The predicted octanol–water partition coefficient (Wildman–Crippen LogP) is 4.37. The third-order valence-electron chi connectivity index (χ3n) is 2.90. The molecule has 0 aliphatic rings. The molecule has 2 rings (SSSR count). The molecule has 1 heterocycles. The molecule has 0 aliphatic carbocycles. The molecule has 2 aromatic rings. The monoisotopic (exact) mass is 309 g/mol. The second-order valence-corrected chi connectivity index (χ2v) is 6.53. The summed E-state index contributed by atoms with van der Waals surface area (Å²) >= 11 is 5.30. The molecule has 1 aromatic carbocycles. The molecule has 1 unspecified atom stereocenters. The Hall–Kier alpha value is -0.640. The van der Waals surface area contributed by atoms with Gasteiger partial charge in [0.05, 0.1) is 0 Å². The third-order valence-corrected chi connectivity index (χ3v) is 4.67. The topological polar surface area (TPSA) is 26.0 Å². The van der Waals surface area contributed by atoms with E-state index in [9.17, 15) is 0 Å². The number of nitrogens with two attached hydrogens (primary N) is 1. The standard InChI is InChI=1S/C14H16BrNS/c1-9-6-14(17-10(9)2)13(16)8-11-4-3-5-12(15)7-11/h3-7,13H,8,16H2,1-2H3. The Labute approximate surface area is 115 Å². The van der Waals surface area contributed by atoms with Crippen LogP contribution in [-0.4, -0.2) is 0 Å². The van der Waals surface area contributed by atoms with Crippen LogP contribution in [0.15, 0.2) is 34.8 Å². The molecule has 0 saturated heterocycles. The SMILES string of the molecule is Cc1cc(C(N)Cc2cccc(Br)c2)sc1C. The first kappa shape index (κ1) is 12.8. The molecule has 1 nitrogen and oxygen atoms in total. The fraction of sp³-hybridized carbons (Fsp3) is 0.286. The summed E-state index contributed by atoms with van der Waals surface area (Å²) in [6, 6.07) is 10.7. The smallest absolute Gasteiger partial charge is 0.0430 e. The molecular weight excluding hydrogens is 294 g/mol. The summed E-state index contributed by atoms with van der Waals surface area (Å²) in [6.07, 6.45) is 0.888. The lowest BCUT2D eigenvalue weighted by molar-refractivity contribution is 0.736. The zero-order chi connectivity index (χ0) is 12.4. The summed E-state index contributed by atoms with van der Waals surface area (Å²) in [4.78, 5) is 2.64. The van der Waals surface area contributed by atoms with Crippen LogP contribution in [0.1, 0.15) is 26.9 Å². The van der Waals surface area contributed by atoms with Gasteiger partial charge in [0.1, 0.15) is 0 Å². The number of thiophene rings is 1. The minimum atomic E-state index is 0.0988. The third kappa shape index (κ3) is 3.18. The van der Waals surface area contributed by atoms with Gasteiger partial charge in [0, 0.05) is 20.3 Å². The Balaban J connectivity index is 2.14. The van der Waals surface area contributed by atoms with Gasteiger partial charge < -0.3 is 5.73 Å². The molecule has 17 heavy (non-hydrogen) atoms. The van der Waals surface area contributed by atoms with Crippen LogP contribution in [0.3, 0.4) is 0 Å². The van der Waals surface area contributed by atoms with Crippen LogP contribution in [0.4, 0.5) is 0 Å². The fourth-order valence-corrected chi connectivity index (χ4v) is 3.29. The highest BCUT2D eigenvalue weighted by atomic mass is 79.9. The van der Waals surface area contributed by atoms with Crippen molar-refractivity contribution in [3.8, 4) is 0 Å². The van der Waals surface area contributed by atoms with Gasteiger partial charge in [0.25, 0.3) is 0 Å². The Kier molecular flexibility index (Phi) is 4.02. The largest absolute Gasteiger partial charge is 0.323 e. The van der Waals surface area contributed by atoms with E-state index in [0.29, 0.717) is 0 Å².